The first kappa shape index (κ1) is 14.8. The van der Waals surface area contributed by atoms with Crippen LogP contribution in [0.1, 0.15) is 24.2 Å². The molecule has 0 bridgehead atoms. The maximum absolute atomic E-state index is 10.1. The van der Waals surface area contributed by atoms with Gasteiger partial charge in [0.25, 0.3) is 0 Å². The first-order chi connectivity index (χ1) is 10.5. The van der Waals surface area contributed by atoms with Crippen LogP contribution >= 0.6 is 0 Å². The van der Waals surface area contributed by atoms with Crippen molar-refractivity contribution in [1.29, 1.82) is 0 Å². The summed E-state index contributed by atoms with van der Waals surface area (Å²) in [6.07, 6.45) is 4.64. The highest BCUT2D eigenvalue weighted by atomic mass is 16.7. The van der Waals surface area contributed by atoms with Gasteiger partial charge in [-0.15, -0.1) is 5.48 Å². The lowest BCUT2D eigenvalue weighted by atomic mass is 9.95. The van der Waals surface area contributed by atoms with Crippen LogP contribution in [0.5, 0.6) is 0 Å². The molecule has 2 atom stereocenters. The van der Waals surface area contributed by atoms with E-state index in [0.717, 1.165) is 28.1 Å². The molecular formula is C15H19BN4O2. The fourth-order valence-electron chi connectivity index (χ4n) is 2.52. The highest BCUT2D eigenvalue weighted by molar-refractivity contribution is 6.33. The molecule has 114 valence electrons. The molecule has 7 heteroatoms. The van der Waals surface area contributed by atoms with Gasteiger partial charge in [0.15, 0.2) is 6.23 Å². The Kier molecular flexibility index (Phi) is 4.00. The number of nitrogens with one attached hydrogen (secondary N) is 1. The van der Waals surface area contributed by atoms with E-state index in [1.807, 2.05) is 40.0 Å². The minimum Gasteiger partial charge on any atom is -0.412 e. The SMILES string of the molecule is BC1=CC(O)N(CC2=C(C)ONC2c2ccc(C)nc2)N=C1. The van der Waals surface area contributed by atoms with Gasteiger partial charge in [-0.1, -0.05) is 11.5 Å². The summed E-state index contributed by atoms with van der Waals surface area (Å²) in [6.45, 7) is 4.35. The number of allylic oxidation sites excluding steroid dienone is 2. The van der Waals surface area contributed by atoms with Crippen LogP contribution in [0.15, 0.2) is 46.3 Å². The third-order valence-corrected chi connectivity index (χ3v) is 3.86. The highest BCUT2D eigenvalue weighted by Gasteiger charge is 2.29. The third kappa shape index (κ3) is 2.91. The van der Waals surface area contributed by atoms with Crippen LogP contribution in [0.25, 0.3) is 0 Å². The quantitative estimate of drug-likeness (QED) is 0.789. The molecule has 0 amide bonds. The van der Waals surface area contributed by atoms with Gasteiger partial charge in [-0.25, -0.2) is 0 Å². The van der Waals surface area contributed by atoms with Crippen LogP contribution in [0.4, 0.5) is 0 Å². The second-order valence-electron chi connectivity index (χ2n) is 5.63. The molecule has 0 radical (unpaired) electrons. The lowest BCUT2D eigenvalue weighted by molar-refractivity contribution is 0.0485. The number of pyridine rings is 1. The van der Waals surface area contributed by atoms with E-state index >= 15 is 0 Å². The number of hydrogen-bond acceptors (Lipinski definition) is 6. The van der Waals surface area contributed by atoms with Gasteiger partial charge in [-0.05, 0) is 31.6 Å². The fraction of sp³-hybridized carbons (Fsp3) is 0.333. The predicted molar refractivity (Wildman–Crippen MR) is 86.5 cm³/mol. The Morgan fingerprint density at radius 2 is 2.23 bits per heavy atom. The van der Waals surface area contributed by atoms with Gasteiger partial charge in [0.05, 0.1) is 12.6 Å². The number of aryl methyl sites for hydroxylation is 1. The Morgan fingerprint density at radius 3 is 2.91 bits per heavy atom. The molecule has 2 N–H and O–H groups in total. The minimum atomic E-state index is -0.720. The van der Waals surface area contributed by atoms with Crippen molar-refractivity contribution in [2.45, 2.75) is 26.1 Å². The van der Waals surface area contributed by atoms with Gasteiger partial charge in [-0.3, -0.25) is 9.99 Å². The number of hydrazone groups is 1. The zero-order chi connectivity index (χ0) is 15.7. The number of hydroxylamine groups is 1. The lowest BCUT2D eigenvalue weighted by Gasteiger charge is -2.27. The van der Waals surface area contributed by atoms with Crippen LogP contribution in [0.2, 0.25) is 0 Å². The molecule has 22 heavy (non-hydrogen) atoms. The summed E-state index contributed by atoms with van der Waals surface area (Å²) in [5.74, 6) is 0.805. The summed E-state index contributed by atoms with van der Waals surface area (Å²) < 4.78 is 0. The molecule has 1 aromatic heterocycles. The molecule has 6 nitrogen and oxygen atoms in total. The Balaban J connectivity index is 1.80. The lowest BCUT2D eigenvalue weighted by Crippen LogP contribution is -2.35. The van der Waals surface area contributed by atoms with Crippen molar-refractivity contribution < 1.29 is 9.94 Å². The van der Waals surface area contributed by atoms with Gasteiger partial charge in [-0.2, -0.15) is 5.10 Å². The maximum atomic E-state index is 10.1. The predicted octanol–water partition coefficient (Wildman–Crippen LogP) is 0.377. The number of rotatable bonds is 3. The number of aliphatic hydroxyl groups is 1. The minimum absolute atomic E-state index is 0.0810. The molecule has 2 aliphatic rings. The van der Waals surface area contributed by atoms with E-state index in [2.05, 4.69) is 15.6 Å². The van der Waals surface area contributed by atoms with E-state index in [-0.39, 0.29) is 6.04 Å². The summed E-state index contributed by atoms with van der Waals surface area (Å²) in [5.41, 5.74) is 7.01. The average Bonchev–Trinajstić information content (AvgIpc) is 2.84. The zero-order valence-corrected chi connectivity index (χ0v) is 12.9. The third-order valence-electron chi connectivity index (χ3n) is 3.86. The van der Waals surface area contributed by atoms with Gasteiger partial charge < -0.3 is 9.94 Å². The first-order valence-corrected chi connectivity index (χ1v) is 7.26. The van der Waals surface area contributed by atoms with Crippen molar-refractivity contribution >= 4 is 14.1 Å². The Morgan fingerprint density at radius 1 is 1.41 bits per heavy atom. The summed E-state index contributed by atoms with van der Waals surface area (Å²) >= 11 is 0. The molecule has 0 saturated carbocycles. The molecule has 0 aliphatic carbocycles. The van der Waals surface area contributed by atoms with Crippen LogP contribution < -0.4 is 5.48 Å². The first-order valence-electron chi connectivity index (χ1n) is 7.26. The van der Waals surface area contributed by atoms with Crippen molar-refractivity contribution in [3.8, 4) is 0 Å². The van der Waals surface area contributed by atoms with Crippen molar-refractivity contribution in [2.75, 3.05) is 6.54 Å². The van der Waals surface area contributed by atoms with Crippen LogP contribution in [0, 0.1) is 6.92 Å². The Bertz CT molecular complexity index is 654. The van der Waals surface area contributed by atoms with Gasteiger partial charge in [0, 0.05) is 23.7 Å². The van der Waals surface area contributed by atoms with E-state index in [1.165, 1.54) is 0 Å². The van der Waals surface area contributed by atoms with Crippen LogP contribution in [-0.4, -0.2) is 41.9 Å². The van der Waals surface area contributed by atoms with E-state index in [0.29, 0.717) is 6.54 Å². The van der Waals surface area contributed by atoms with Crippen molar-refractivity contribution in [3.05, 3.63) is 52.5 Å². The van der Waals surface area contributed by atoms with Crippen molar-refractivity contribution in [1.82, 2.24) is 15.5 Å². The van der Waals surface area contributed by atoms with Crippen LogP contribution in [-0.2, 0) is 4.84 Å². The maximum Gasteiger partial charge on any atom is 0.161 e. The molecule has 3 heterocycles. The monoisotopic (exact) mass is 298 g/mol. The number of aliphatic hydroxyl groups excluding tert-OH is 1. The van der Waals surface area contributed by atoms with E-state index in [9.17, 15) is 5.11 Å². The van der Waals surface area contributed by atoms with Crippen LogP contribution in [0.3, 0.4) is 0 Å². The van der Waals surface area contributed by atoms with E-state index < -0.39 is 6.23 Å². The molecular weight excluding hydrogens is 279 g/mol. The summed E-state index contributed by atoms with van der Waals surface area (Å²) in [5, 5.41) is 16.0. The van der Waals surface area contributed by atoms with Crippen molar-refractivity contribution in [3.63, 3.8) is 0 Å². The summed E-state index contributed by atoms with van der Waals surface area (Å²) in [4.78, 5) is 9.82. The molecule has 0 saturated heterocycles. The Labute approximate surface area is 130 Å². The highest BCUT2D eigenvalue weighted by Crippen LogP contribution is 2.31. The molecule has 3 rings (SSSR count). The zero-order valence-electron chi connectivity index (χ0n) is 12.9. The second-order valence-corrected chi connectivity index (χ2v) is 5.63. The number of nitrogens with zero attached hydrogens (tertiary/aromatic N) is 3. The summed E-state index contributed by atoms with van der Waals surface area (Å²) in [7, 11) is 1.91. The number of aromatic nitrogens is 1. The Hall–Kier alpha value is -2.12. The van der Waals surface area contributed by atoms with E-state index in [1.54, 1.807) is 17.3 Å². The fourth-order valence-corrected chi connectivity index (χ4v) is 2.52. The second kappa shape index (κ2) is 5.94. The molecule has 0 spiro atoms. The standard InChI is InChI=1S/C15H19BN4O2/c1-9-3-4-11(6-17-9)15-13(10(2)22-19-15)8-20-14(21)5-12(16)7-18-20/h3-7,14-15,19,21H,8,16H2,1-2H3. The molecule has 0 fully saturated rings. The summed E-state index contributed by atoms with van der Waals surface area (Å²) in [6, 6.07) is 3.92. The number of hydrogen-bond donors (Lipinski definition) is 2. The smallest absolute Gasteiger partial charge is 0.161 e. The van der Waals surface area contributed by atoms with E-state index in [4.69, 9.17) is 4.84 Å². The molecule has 2 aliphatic heterocycles. The normalized spacial score (nSPS) is 24.5. The van der Waals surface area contributed by atoms with Gasteiger partial charge in [0.1, 0.15) is 13.6 Å². The largest absolute Gasteiger partial charge is 0.412 e. The molecule has 2 unspecified atom stereocenters. The topological polar surface area (TPSA) is 70.0 Å². The molecule has 1 aromatic rings. The van der Waals surface area contributed by atoms with Crippen molar-refractivity contribution in [2.24, 2.45) is 5.10 Å². The van der Waals surface area contributed by atoms with Gasteiger partial charge >= 0.3 is 0 Å². The average molecular weight is 298 g/mol. The molecule has 0 aromatic carbocycles. The van der Waals surface area contributed by atoms with Gasteiger partial charge in [0.2, 0.25) is 0 Å².